The summed E-state index contributed by atoms with van der Waals surface area (Å²) < 4.78 is 15.9. The summed E-state index contributed by atoms with van der Waals surface area (Å²) in [6.07, 6.45) is -0.226. The second-order valence-corrected chi connectivity index (χ2v) is 9.05. The predicted octanol–water partition coefficient (Wildman–Crippen LogP) is 3.40. The van der Waals surface area contributed by atoms with Crippen molar-refractivity contribution in [3.05, 3.63) is 29.8 Å². The van der Waals surface area contributed by atoms with Crippen LogP contribution in [0, 0.1) is 0 Å². The second kappa shape index (κ2) is 9.32. The molecule has 1 aromatic carbocycles. The van der Waals surface area contributed by atoms with Gasteiger partial charge in [-0.1, -0.05) is 23.9 Å². The Morgan fingerprint density at radius 2 is 1.82 bits per heavy atom. The van der Waals surface area contributed by atoms with Gasteiger partial charge in [-0.15, -0.1) is 0 Å². The van der Waals surface area contributed by atoms with Crippen molar-refractivity contribution in [2.45, 2.75) is 57.6 Å². The van der Waals surface area contributed by atoms with Gasteiger partial charge in [-0.25, -0.2) is 9.59 Å². The molecule has 0 radical (unpaired) electrons. The molecule has 2 atom stereocenters. The maximum Gasteiger partial charge on any atom is 0.411 e. The fourth-order valence-corrected chi connectivity index (χ4v) is 3.82. The summed E-state index contributed by atoms with van der Waals surface area (Å²) in [5.74, 6) is 0.208. The number of carbonyl (C=O) groups is 3. The zero-order valence-electron chi connectivity index (χ0n) is 16.9. The quantitative estimate of drug-likeness (QED) is 0.689. The van der Waals surface area contributed by atoms with Crippen molar-refractivity contribution in [1.82, 2.24) is 4.90 Å². The number of nitrogens with zero attached hydrogens (tertiary/aromatic N) is 1. The van der Waals surface area contributed by atoms with Gasteiger partial charge in [0.25, 0.3) is 0 Å². The van der Waals surface area contributed by atoms with Crippen LogP contribution in [0.2, 0.25) is 0 Å². The number of ether oxygens (including phenoxy) is 3. The van der Waals surface area contributed by atoms with Gasteiger partial charge in [0.15, 0.2) is 5.12 Å². The smallest absolute Gasteiger partial charge is 0.411 e. The molecule has 1 aliphatic heterocycles. The molecule has 0 unspecified atom stereocenters. The standard InChI is InChI=1S/C20H27NO6S/c1-13(22)28-16-10-17(21(11-16)19(24)27-20(2,3)4)18(23)26-12-14-6-8-15(25-5)9-7-14/h6-9,16-17H,10-12H2,1-5H3/t16-,17-/m0/s1. The first-order chi connectivity index (χ1) is 13.1. The minimum absolute atomic E-state index is 0.0543. The third-order valence-electron chi connectivity index (χ3n) is 4.04. The third-order valence-corrected chi connectivity index (χ3v) is 5.04. The molecule has 0 saturated carbocycles. The van der Waals surface area contributed by atoms with Crippen LogP contribution in [0.3, 0.4) is 0 Å². The highest BCUT2D eigenvalue weighted by atomic mass is 32.2. The van der Waals surface area contributed by atoms with E-state index in [0.29, 0.717) is 12.2 Å². The van der Waals surface area contributed by atoms with Crippen molar-refractivity contribution in [1.29, 1.82) is 0 Å². The zero-order valence-corrected chi connectivity index (χ0v) is 17.7. The van der Waals surface area contributed by atoms with Gasteiger partial charge in [0.05, 0.1) is 7.11 Å². The molecule has 1 fully saturated rings. The van der Waals surface area contributed by atoms with Gasteiger partial charge >= 0.3 is 12.1 Å². The van der Waals surface area contributed by atoms with Crippen LogP contribution in [-0.4, -0.2) is 52.6 Å². The lowest BCUT2D eigenvalue weighted by Crippen LogP contribution is -2.44. The van der Waals surface area contributed by atoms with Gasteiger partial charge < -0.3 is 14.2 Å². The Morgan fingerprint density at radius 1 is 1.18 bits per heavy atom. The van der Waals surface area contributed by atoms with Crippen LogP contribution in [0.5, 0.6) is 5.75 Å². The first-order valence-electron chi connectivity index (χ1n) is 9.05. The summed E-state index contributed by atoms with van der Waals surface area (Å²) in [4.78, 5) is 38.0. The summed E-state index contributed by atoms with van der Waals surface area (Å²) in [7, 11) is 1.58. The maximum atomic E-state index is 12.7. The molecule has 0 spiro atoms. The van der Waals surface area contributed by atoms with Crippen molar-refractivity contribution in [3.63, 3.8) is 0 Å². The molecule has 0 bridgehead atoms. The highest BCUT2D eigenvalue weighted by Gasteiger charge is 2.43. The van der Waals surface area contributed by atoms with E-state index in [-0.39, 0.29) is 23.5 Å². The molecular weight excluding hydrogens is 382 g/mol. The molecule has 1 aromatic rings. The van der Waals surface area contributed by atoms with Gasteiger partial charge in [-0.2, -0.15) is 0 Å². The fourth-order valence-electron chi connectivity index (χ4n) is 2.84. The Morgan fingerprint density at radius 3 is 2.36 bits per heavy atom. The van der Waals surface area contributed by atoms with E-state index in [1.165, 1.54) is 11.8 Å². The summed E-state index contributed by atoms with van der Waals surface area (Å²) in [6, 6.07) is 6.41. The van der Waals surface area contributed by atoms with Crippen molar-refractivity contribution < 1.29 is 28.6 Å². The average Bonchev–Trinajstić information content (AvgIpc) is 3.02. The number of hydrogen-bond donors (Lipinski definition) is 0. The Hall–Kier alpha value is -2.22. The lowest BCUT2D eigenvalue weighted by Gasteiger charge is -2.27. The average molecular weight is 410 g/mol. The third kappa shape index (κ3) is 6.44. The molecule has 0 N–H and O–H groups in total. The minimum atomic E-state index is -0.773. The molecule has 28 heavy (non-hydrogen) atoms. The molecule has 1 saturated heterocycles. The van der Waals surface area contributed by atoms with Crippen LogP contribution in [-0.2, 0) is 25.7 Å². The van der Waals surface area contributed by atoms with Gasteiger partial charge in [0, 0.05) is 18.7 Å². The summed E-state index contributed by atoms with van der Waals surface area (Å²) in [6.45, 7) is 7.12. The summed E-state index contributed by atoms with van der Waals surface area (Å²) in [5.41, 5.74) is 0.131. The van der Waals surface area contributed by atoms with Crippen molar-refractivity contribution >= 4 is 28.9 Å². The van der Waals surface area contributed by atoms with E-state index in [1.807, 2.05) is 0 Å². The number of likely N-dealkylation sites (tertiary alicyclic amines) is 1. The Kier molecular flexibility index (Phi) is 7.35. The molecule has 154 valence electrons. The Balaban J connectivity index is 2.04. The van der Waals surface area contributed by atoms with E-state index in [1.54, 1.807) is 52.1 Å². The molecule has 2 rings (SSSR count). The van der Waals surface area contributed by atoms with Gasteiger partial charge in [-0.3, -0.25) is 9.69 Å². The minimum Gasteiger partial charge on any atom is -0.497 e. The van der Waals surface area contributed by atoms with Crippen molar-refractivity contribution in [2.24, 2.45) is 0 Å². The lowest BCUT2D eigenvalue weighted by atomic mass is 10.2. The lowest BCUT2D eigenvalue weighted by molar-refractivity contribution is -0.150. The SMILES string of the molecule is COc1ccc(COC(=O)[C@@H]2C[C@H](SC(C)=O)CN2C(=O)OC(C)(C)C)cc1. The molecule has 0 aromatic heterocycles. The number of methoxy groups -OCH3 is 1. The number of carbonyl (C=O) groups excluding carboxylic acids is 3. The molecule has 0 aliphatic carbocycles. The van der Waals surface area contributed by atoms with Crippen LogP contribution in [0.1, 0.15) is 39.7 Å². The van der Waals surface area contributed by atoms with E-state index in [4.69, 9.17) is 14.2 Å². The Bertz CT molecular complexity index is 712. The van der Waals surface area contributed by atoms with Crippen LogP contribution >= 0.6 is 11.8 Å². The number of amides is 1. The molecule has 8 heteroatoms. The zero-order chi connectivity index (χ0) is 20.9. The van der Waals surface area contributed by atoms with E-state index in [2.05, 4.69) is 0 Å². The van der Waals surface area contributed by atoms with Gasteiger partial charge in [0.1, 0.15) is 24.0 Å². The molecule has 1 heterocycles. The van der Waals surface area contributed by atoms with Gasteiger partial charge in [0.2, 0.25) is 0 Å². The Labute approximate surface area is 169 Å². The monoisotopic (exact) mass is 409 g/mol. The number of rotatable bonds is 5. The van der Waals surface area contributed by atoms with E-state index >= 15 is 0 Å². The number of benzene rings is 1. The molecule has 7 nitrogen and oxygen atoms in total. The highest BCUT2D eigenvalue weighted by molar-refractivity contribution is 8.14. The number of hydrogen-bond acceptors (Lipinski definition) is 7. The largest absolute Gasteiger partial charge is 0.497 e. The summed E-state index contributed by atoms with van der Waals surface area (Å²) >= 11 is 1.13. The van der Waals surface area contributed by atoms with Crippen LogP contribution in [0.25, 0.3) is 0 Å². The molecule has 1 aliphatic rings. The number of esters is 1. The molecule has 1 amide bonds. The second-order valence-electron chi connectivity index (χ2n) is 7.57. The topological polar surface area (TPSA) is 82.1 Å². The van der Waals surface area contributed by atoms with E-state index < -0.39 is 23.7 Å². The normalized spacial score (nSPS) is 19.2. The van der Waals surface area contributed by atoms with Crippen molar-refractivity contribution in [2.75, 3.05) is 13.7 Å². The van der Waals surface area contributed by atoms with Crippen LogP contribution < -0.4 is 4.74 Å². The van der Waals surface area contributed by atoms with Gasteiger partial charge in [-0.05, 0) is 44.9 Å². The molecular formula is C20H27NO6S. The fraction of sp³-hybridized carbons (Fsp3) is 0.550. The summed E-state index contributed by atoms with van der Waals surface area (Å²) in [5, 5.41) is -0.218. The highest BCUT2D eigenvalue weighted by Crippen LogP contribution is 2.30. The van der Waals surface area contributed by atoms with E-state index in [0.717, 1.165) is 17.3 Å². The predicted molar refractivity (Wildman–Crippen MR) is 106 cm³/mol. The first kappa shape index (κ1) is 22.1. The maximum absolute atomic E-state index is 12.7. The van der Waals surface area contributed by atoms with Crippen LogP contribution in [0.4, 0.5) is 4.79 Å². The van der Waals surface area contributed by atoms with Crippen molar-refractivity contribution in [3.8, 4) is 5.75 Å². The van der Waals surface area contributed by atoms with Crippen LogP contribution in [0.15, 0.2) is 24.3 Å². The van der Waals surface area contributed by atoms with E-state index in [9.17, 15) is 14.4 Å². The first-order valence-corrected chi connectivity index (χ1v) is 9.93. The number of thioether (sulfide) groups is 1.